The molecular formula is C20H18BrN3O4. The molecule has 0 fully saturated rings. The third kappa shape index (κ3) is 4.28. The van der Waals surface area contributed by atoms with Gasteiger partial charge in [0.25, 0.3) is 5.91 Å². The van der Waals surface area contributed by atoms with E-state index in [9.17, 15) is 14.4 Å². The van der Waals surface area contributed by atoms with Gasteiger partial charge >= 0.3 is 5.97 Å². The van der Waals surface area contributed by atoms with Crippen LogP contribution in [0.15, 0.2) is 51.9 Å². The van der Waals surface area contributed by atoms with Crippen LogP contribution in [0.25, 0.3) is 11.0 Å². The zero-order valence-electron chi connectivity index (χ0n) is 15.4. The summed E-state index contributed by atoms with van der Waals surface area (Å²) in [4.78, 5) is 41.4. The number of aryl methyl sites for hydroxylation is 2. The lowest BCUT2D eigenvalue weighted by Gasteiger charge is -2.11. The van der Waals surface area contributed by atoms with Crippen LogP contribution < -0.4 is 10.7 Å². The molecule has 1 aromatic carbocycles. The van der Waals surface area contributed by atoms with E-state index in [2.05, 4.69) is 26.2 Å². The van der Waals surface area contributed by atoms with Crippen LogP contribution in [-0.4, -0.2) is 28.0 Å². The number of anilines is 1. The average molecular weight is 444 g/mol. The second kappa shape index (κ2) is 8.35. The SMILES string of the molecule is CCn1cc(C(=O)OCC(=O)Nc2ccc(Br)cc2)c(=O)c2ccc(C)nc21. The van der Waals surface area contributed by atoms with Crippen molar-refractivity contribution in [2.75, 3.05) is 11.9 Å². The van der Waals surface area contributed by atoms with E-state index in [1.165, 1.54) is 6.20 Å². The Hall–Kier alpha value is -3.00. The van der Waals surface area contributed by atoms with E-state index in [0.29, 0.717) is 23.3 Å². The van der Waals surface area contributed by atoms with Crippen LogP contribution in [0, 0.1) is 6.92 Å². The second-order valence-electron chi connectivity index (χ2n) is 6.11. The first-order chi connectivity index (χ1) is 13.4. The fourth-order valence-corrected chi connectivity index (χ4v) is 2.95. The number of rotatable bonds is 5. The largest absolute Gasteiger partial charge is 0.452 e. The van der Waals surface area contributed by atoms with Crippen LogP contribution in [0.4, 0.5) is 5.69 Å². The first-order valence-electron chi connectivity index (χ1n) is 8.62. The van der Waals surface area contributed by atoms with E-state index in [1.807, 2.05) is 13.8 Å². The zero-order chi connectivity index (χ0) is 20.3. The van der Waals surface area contributed by atoms with Crippen molar-refractivity contribution in [2.45, 2.75) is 20.4 Å². The van der Waals surface area contributed by atoms with Gasteiger partial charge < -0.3 is 14.6 Å². The Kier molecular flexibility index (Phi) is 5.89. The van der Waals surface area contributed by atoms with Crippen LogP contribution in [0.2, 0.25) is 0 Å². The molecule has 7 nitrogen and oxygen atoms in total. The highest BCUT2D eigenvalue weighted by atomic mass is 79.9. The lowest BCUT2D eigenvalue weighted by atomic mass is 10.2. The van der Waals surface area contributed by atoms with Crippen molar-refractivity contribution in [3.8, 4) is 0 Å². The minimum atomic E-state index is -0.847. The number of carbonyl (C=O) groups excluding carboxylic acids is 2. The number of aromatic nitrogens is 2. The Morgan fingerprint density at radius 1 is 1.18 bits per heavy atom. The van der Waals surface area contributed by atoms with Crippen molar-refractivity contribution >= 4 is 44.5 Å². The molecule has 144 valence electrons. The Labute approximate surface area is 169 Å². The number of halogens is 1. The summed E-state index contributed by atoms with van der Waals surface area (Å²) in [5.74, 6) is -1.34. The Bertz CT molecular complexity index is 1110. The van der Waals surface area contributed by atoms with Gasteiger partial charge in [0.15, 0.2) is 6.61 Å². The number of benzene rings is 1. The minimum absolute atomic E-state index is 0.128. The number of ether oxygens (including phenoxy) is 1. The molecule has 1 N–H and O–H groups in total. The number of fused-ring (bicyclic) bond motifs is 1. The molecule has 0 saturated heterocycles. The minimum Gasteiger partial charge on any atom is -0.452 e. The lowest BCUT2D eigenvalue weighted by molar-refractivity contribution is -0.119. The van der Waals surface area contributed by atoms with Gasteiger partial charge in [0.1, 0.15) is 11.2 Å². The summed E-state index contributed by atoms with van der Waals surface area (Å²) in [5.41, 5.74) is 1.26. The highest BCUT2D eigenvalue weighted by Gasteiger charge is 2.18. The molecule has 0 saturated carbocycles. The highest BCUT2D eigenvalue weighted by Crippen LogP contribution is 2.14. The number of nitrogens with zero attached hydrogens (tertiary/aromatic N) is 2. The molecule has 3 aromatic rings. The maximum Gasteiger partial charge on any atom is 0.344 e. The van der Waals surface area contributed by atoms with Crippen molar-refractivity contribution in [1.82, 2.24) is 9.55 Å². The maximum absolute atomic E-state index is 12.7. The molecule has 0 unspecified atom stereocenters. The number of pyridine rings is 2. The smallest absolute Gasteiger partial charge is 0.344 e. The molecule has 0 radical (unpaired) electrons. The monoisotopic (exact) mass is 443 g/mol. The molecule has 3 rings (SSSR count). The molecule has 0 aliphatic heterocycles. The highest BCUT2D eigenvalue weighted by molar-refractivity contribution is 9.10. The normalized spacial score (nSPS) is 10.7. The van der Waals surface area contributed by atoms with Gasteiger partial charge in [0.05, 0.1) is 5.39 Å². The van der Waals surface area contributed by atoms with E-state index in [1.54, 1.807) is 41.0 Å². The topological polar surface area (TPSA) is 90.3 Å². The van der Waals surface area contributed by atoms with Crippen molar-refractivity contribution in [3.05, 3.63) is 68.5 Å². The number of amides is 1. The summed E-state index contributed by atoms with van der Waals surface area (Å²) in [7, 11) is 0. The van der Waals surface area contributed by atoms with Gasteiger partial charge in [-0.2, -0.15) is 0 Å². The van der Waals surface area contributed by atoms with E-state index in [0.717, 1.165) is 10.2 Å². The molecule has 28 heavy (non-hydrogen) atoms. The molecule has 0 bridgehead atoms. The fraction of sp³-hybridized carbons (Fsp3) is 0.200. The fourth-order valence-electron chi connectivity index (χ4n) is 2.69. The predicted octanol–water partition coefficient (Wildman–Crippen LogP) is 3.28. The van der Waals surface area contributed by atoms with Crippen molar-refractivity contribution < 1.29 is 14.3 Å². The number of carbonyl (C=O) groups is 2. The van der Waals surface area contributed by atoms with E-state index < -0.39 is 23.9 Å². The van der Waals surface area contributed by atoms with Crippen LogP contribution in [0.3, 0.4) is 0 Å². The third-order valence-electron chi connectivity index (χ3n) is 4.08. The van der Waals surface area contributed by atoms with Gasteiger partial charge in [-0.05, 0) is 50.2 Å². The number of hydrogen-bond acceptors (Lipinski definition) is 5. The van der Waals surface area contributed by atoms with Crippen molar-refractivity contribution in [1.29, 1.82) is 0 Å². The summed E-state index contributed by atoms with van der Waals surface area (Å²) in [6.45, 7) is 3.74. The summed E-state index contributed by atoms with van der Waals surface area (Å²) >= 11 is 3.31. The summed E-state index contributed by atoms with van der Waals surface area (Å²) < 4.78 is 7.64. The molecule has 1 amide bonds. The van der Waals surface area contributed by atoms with Crippen LogP contribution in [0.5, 0.6) is 0 Å². The summed E-state index contributed by atoms with van der Waals surface area (Å²) in [5, 5.41) is 2.95. The predicted molar refractivity (Wildman–Crippen MR) is 109 cm³/mol. The van der Waals surface area contributed by atoms with Crippen molar-refractivity contribution in [3.63, 3.8) is 0 Å². The number of esters is 1. The van der Waals surface area contributed by atoms with E-state index in [-0.39, 0.29) is 5.56 Å². The summed E-state index contributed by atoms with van der Waals surface area (Å²) in [6.07, 6.45) is 1.42. The Morgan fingerprint density at radius 3 is 2.57 bits per heavy atom. The molecule has 0 aliphatic rings. The van der Waals surface area contributed by atoms with Gasteiger partial charge in [0, 0.05) is 28.6 Å². The molecule has 0 aliphatic carbocycles. The Balaban J connectivity index is 1.77. The molecular weight excluding hydrogens is 426 g/mol. The van der Waals surface area contributed by atoms with Gasteiger partial charge in [-0.3, -0.25) is 9.59 Å². The van der Waals surface area contributed by atoms with Crippen LogP contribution in [-0.2, 0) is 16.1 Å². The Morgan fingerprint density at radius 2 is 1.89 bits per heavy atom. The van der Waals surface area contributed by atoms with Crippen LogP contribution >= 0.6 is 15.9 Å². The maximum atomic E-state index is 12.7. The molecule has 2 heterocycles. The second-order valence-corrected chi connectivity index (χ2v) is 7.03. The third-order valence-corrected chi connectivity index (χ3v) is 4.61. The van der Waals surface area contributed by atoms with Crippen LogP contribution in [0.1, 0.15) is 23.0 Å². The van der Waals surface area contributed by atoms with E-state index >= 15 is 0 Å². The summed E-state index contributed by atoms with van der Waals surface area (Å²) in [6, 6.07) is 10.3. The van der Waals surface area contributed by atoms with Gasteiger partial charge in [0.2, 0.25) is 5.43 Å². The quantitative estimate of drug-likeness (QED) is 0.610. The zero-order valence-corrected chi connectivity index (χ0v) is 16.9. The van der Waals surface area contributed by atoms with Gasteiger partial charge in [-0.15, -0.1) is 0 Å². The lowest BCUT2D eigenvalue weighted by Crippen LogP contribution is -2.25. The van der Waals surface area contributed by atoms with Crippen molar-refractivity contribution in [2.24, 2.45) is 0 Å². The number of nitrogens with one attached hydrogen (secondary N) is 1. The van der Waals surface area contributed by atoms with E-state index in [4.69, 9.17) is 4.74 Å². The first-order valence-corrected chi connectivity index (χ1v) is 9.41. The molecule has 0 spiro atoms. The average Bonchev–Trinajstić information content (AvgIpc) is 2.68. The molecule has 0 atom stereocenters. The van der Waals surface area contributed by atoms with Gasteiger partial charge in [-0.1, -0.05) is 15.9 Å². The van der Waals surface area contributed by atoms with Gasteiger partial charge in [-0.25, -0.2) is 9.78 Å². The molecule has 2 aromatic heterocycles. The number of hydrogen-bond donors (Lipinski definition) is 1. The standard InChI is InChI=1S/C20H18BrN3O4/c1-3-24-10-16(18(26)15-9-4-12(2)22-19(15)24)20(27)28-11-17(25)23-14-7-5-13(21)6-8-14/h4-10H,3,11H2,1-2H3,(H,23,25). The molecule has 8 heteroatoms. The first kappa shape index (κ1) is 19.8.